The fourth-order valence-electron chi connectivity index (χ4n) is 1.73. The van der Waals surface area contributed by atoms with Gasteiger partial charge in [-0.15, -0.1) is 0 Å². The SMILES string of the molecule is CCNC(=NCC(C)(C)SC)NCCc1cccc(F)c1F. The molecule has 0 aliphatic carbocycles. The van der Waals surface area contributed by atoms with Gasteiger partial charge in [0.25, 0.3) is 0 Å². The molecule has 2 N–H and O–H groups in total. The molecular weight excluding hydrogens is 304 g/mol. The molecule has 0 bridgehead atoms. The Morgan fingerprint density at radius 1 is 1.27 bits per heavy atom. The van der Waals surface area contributed by atoms with Gasteiger partial charge in [-0.25, -0.2) is 8.78 Å². The summed E-state index contributed by atoms with van der Waals surface area (Å²) in [7, 11) is 0. The number of nitrogens with zero attached hydrogens (tertiary/aromatic N) is 1. The number of rotatable bonds is 7. The predicted molar refractivity (Wildman–Crippen MR) is 91.6 cm³/mol. The van der Waals surface area contributed by atoms with Gasteiger partial charge in [-0.2, -0.15) is 11.8 Å². The van der Waals surface area contributed by atoms with Crippen LogP contribution in [0, 0.1) is 11.6 Å². The lowest BCUT2D eigenvalue weighted by molar-refractivity contribution is 0.498. The summed E-state index contributed by atoms with van der Waals surface area (Å²) in [5.41, 5.74) is 0.368. The van der Waals surface area contributed by atoms with Crippen LogP contribution < -0.4 is 10.6 Å². The average Bonchev–Trinajstić information content (AvgIpc) is 2.49. The third-order valence-electron chi connectivity index (χ3n) is 3.23. The standard InChI is InChI=1S/C16H25F2N3S/c1-5-19-15(21-11-16(2,3)22-4)20-10-9-12-7-6-8-13(17)14(12)18/h6-8H,5,9-11H2,1-4H3,(H2,19,20,21). The molecule has 0 atom stereocenters. The van der Waals surface area contributed by atoms with E-state index in [1.165, 1.54) is 6.07 Å². The molecule has 3 nitrogen and oxygen atoms in total. The Hall–Kier alpha value is -1.30. The highest BCUT2D eigenvalue weighted by atomic mass is 32.2. The molecule has 124 valence electrons. The third kappa shape index (κ3) is 6.22. The largest absolute Gasteiger partial charge is 0.357 e. The van der Waals surface area contributed by atoms with Crippen LogP contribution in [0.2, 0.25) is 0 Å². The van der Waals surface area contributed by atoms with Crippen LogP contribution in [0.4, 0.5) is 8.78 Å². The summed E-state index contributed by atoms with van der Waals surface area (Å²) in [4.78, 5) is 4.53. The number of hydrogen-bond acceptors (Lipinski definition) is 2. The number of benzene rings is 1. The van der Waals surface area contributed by atoms with Crippen molar-refractivity contribution in [1.29, 1.82) is 0 Å². The van der Waals surface area contributed by atoms with E-state index in [0.717, 1.165) is 12.6 Å². The number of nitrogens with one attached hydrogen (secondary N) is 2. The van der Waals surface area contributed by atoms with Crippen LogP contribution in [-0.4, -0.2) is 36.6 Å². The van der Waals surface area contributed by atoms with Crippen molar-refractivity contribution in [2.45, 2.75) is 31.9 Å². The minimum atomic E-state index is -0.806. The molecule has 0 amide bonds. The van der Waals surface area contributed by atoms with Crippen molar-refractivity contribution in [2.24, 2.45) is 4.99 Å². The molecule has 6 heteroatoms. The smallest absolute Gasteiger partial charge is 0.191 e. The second-order valence-corrected chi connectivity index (χ2v) is 7.06. The zero-order valence-electron chi connectivity index (χ0n) is 13.7. The van der Waals surface area contributed by atoms with Crippen LogP contribution in [0.1, 0.15) is 26.3 Å². The minimum Gasteiger partial charge on any atom is -0.357 e. The number of aliphatic imine (C=N–C) groups is 1. The maximum atomic E-state index is 13.6. The molecule has 0 saturated heterocycles. The lowest BCUT2D eigenvalue weighted by Gasteiger charge is -2.20. The predicted octanol–water partition coefficient (Wildman–Crippen LogP) is 3.20. The molecule has 0 aromatic heterocycles. The van der Waals surface area contributed by atoms with E-state index in [0.29, 0.717) is 31.0 Å². The van der Waals surface area contributed by atoms with Gasteiger partial charge in [-0.05, 0) is 45.1 Å². The molecule has 1 aromatic rings. The lowest BCUT2D eigenvalue weighted by Crippen LogP contribution is -2.39. The first-order valence-corrected chi connectivity index (χ1v) is 8.62. The van der Waals surface area contributed by atoms with Crippen molar-refractivity contribution in [3.63, 3.8) is 0 Å². The topological polar surface area (TPSA) is 36.4 Å². The van der Waals surface area contributed by atoms with E-state index in [1.807, 2.05) is 6.92 Å². The molecule has 0 unspecified atom stereocenters. The fourth-order valence-corrected chi connectivity index (χ4v) is 1.93. The minimum absolute atomic E-state index is 0.0665. The van der Waals surface area contributed by atoms with Gasteiger partial charge < -0.3 is 10.6 Å². The summed E-state index contributed by atoms with van der Waals surface area (Å²) in [5.74, 6) is -0.879. The molecule has 0 fully saturated rings. The monoisotopic (exact) mass is 329 g/mol. The summed E-state index contributed by atoms with van der Waals surface area (Å²) in [6.07, 6.45) is 2.46. The molecule has 0 aliphatic heterocycles. The van der Waals surface area contributed by atoms with Gasteiger partial charge in [-0.1, -0.05) is 12.1 Å². The Labute approximate surface area is 136 Å². The van der Waals surface area contributed by atoms with Gasteiger partial charge in [-0.3, -0.25) is 4.99 Å². The van der Waals surface area contributed by atoms with E-state index < -0.39 is 11.6 Å². The Morgan fingerprint density at radius 3 is 2.64 bits per heavy atom. The highest BCUT2D eigenvalue weighted by Crippen LogP contribution is 2.20. The van der Waals surface area contributed by atoms with Crippen LogP contribution in [-0.2, 0) is 6.42 Å². The summed E-state index contributed by atoms with van der Waals surface area (Å²) in [6, 6.07) is 4.25. The maximum absolute atomic E-state index is 13.6. The van der Waals surface area contributed by atoms with E-state index in [2.05, 4.69) is 35.7 Å². The summed E-state index contributed by atoms with van der Waals surface area (Å²) >= 11 is 1.76. The number of halogens is 2. The van der Waals surface area contributed by atoms with E-state index in [-0.39, 0.29) is 4.75 Å². The van der Waals surface area contributed by atoms with Crippen molar-refractivity contribution in [2.75, 3.05) is 25.9 Å². The van der Waals surface area contributed by atoms with Gasteiger partial charge in [0.2, 0.25) is 0 Å². The zero-order chi connectivity index (χ0) is 16.6. The van der Waals surface area contributed by atoms with Crippen molar-refractivity contribution in [3.05, 3.63) is 35.4 Å². The van der Waals surface area contributed by atoms with Crippen LogP contribution in [0.5, 0.6) is 0 Å². The molecule has 0 spiro atoms. The fraction of sp³-hybridized carbons (Fsp3) is 0.562. The van der Waals surface area contributed by atoms with Gasteiger partial charge in [0, 0.05) is 17.8 Å². The van der Waals surface area contributed by atoms with Crippen molar-refractivity contribution < 1.29 is 8.78 Å². The van der Waals surface area contributed by atoms with Gasteiger partial charge >= 0.3 is 0 Å². The summed E-state index contributed by atoms with van der Waals surface area (Å²) in [6.45, 7) is 8.17. The summed E-state index contributed by atoms with van der Waals surface area (Å²) < 4.78 is 26.8. The molecule has 0 aliphatic rings. The van der Waals surface area contributed by atoms with Crippen molar-refractivity contribution >= 4 is 17.7 Å². The molecule has 1 rings (SSSR count). The quantitative estimate of drug-likeness (QED) is 0.596. The zero-order valence-corrected chi connectivity index (χ0v) is 14.5. The highest BCUT2D eigenvalue weighted by Gasteiger charge is 2.15. The first kappa shape index (κ1) is 18.7. The third-order valence-corrected chi connectivity index (χ3v) is 4.47. The first-order chi connectivity index (χ1) is 10.4. The normalized spacial score (nSPS) is 12.4. The van der Waals surface area contributed by atoms with Crippen LogP contribution in [0.15, 0.2) is 23.2 Å². The first-order valence-electron chi connectivity index (χ1n) is 7.40. The average molecular weight is 329 g/mol. The summed E-state index contributed by atoms with van der Waals surface area (Å²) in [5, 5.41) is 6.31. The van der Waals surface area contributed by atoms with Gasteiger partial charge in [0.15, 0.2) is 17.6 Å². The van der Waals surface area contributed by atoms with E-state index in [9.17, 15) is 8.78 Å². The molecule has 0 saturated carbocycles. The molecule has 0 heterocycles. The lowest BCUT2D eigenvalue weighted by atomic mass is 10.1. The molecular formula is C16H25F2N3S. The molecule has 1 aromatic carbocycles. The maximum Gasteiger partial charge on any atom is 0.191 e. The highest BCUT2D eigenvalue weighted by molar-refractivity contribution is 7.99. The number of thioether (sulfide) groups is 1. The second-order valence-electron chi connectivity index (χ2n) is 5.55. The second kappa shape index (κ2) is 8.98. The van der Waals surface area contributed by atoms with Gasteiger partial charge in [0.05, 0.1) is 6.54 Å². The van der Waals surface area contributed by atoms with E-state index in [1.54, 1.807) is 17.8 Å². The van der Waals surface area contributed by atoms with Crippen LogP contribution >= 0.6 is 11.8 Å². The number of guanidine groups is 1. The van der Waals surface area contributed by atoms with Crippen molar-refractivity contribution in [1.82, 2.24) is 10.6 Å². The van der Waals surface area contributed by atoms with Crippen LogP contribution in [0.25, 0.3) is 0 Å². The Morgan fingerprint density at radius 2 is 2.00 bits per heavy atom. The molecule has 0 radical (unpaired) electrons. The van der Waals surface area contributed by atoms with Crippen LogP contribution in [0.3, 0.4) is 0 Å². The Balaban J connectivity index is 2.57. The van der Waals surface area contributed by atoms with Crippen molar-refractivity contribution in [3.8, 4) is 0 Å². The Kier molecular flexibility index (Phi) is 7.65. The van der Waals surface area contributed by atoms with Gasteiger partial charge in [0.1, 0.15) is 0 Å². The number of hydrogen-bond donors (Lipinski definition) is 2. The molecule has 22 heavy (non-hydrogen) atoms. The van der Waals surface area contributed by atoms with E-state index >= 15 is 0 Å². The Bertz CT molecular complexity index is 504. The van der Waals surface area contributed by atoms with E-state index in [4.69, 9.17) is 0 Å².